The Morgan fingerprint density at radius 3 is 2.44 bits per heavy atom. The summed E-state index contributed by atoms with van der Waals surface area (Å²) in [4.78, 5) is 21.7. The molecule has 102 valence electrons. The molecule has 0 aromatic heterocycles. The minimum Gasteiger partial charge on any atom is -0.481 e. The van der Waals surface area contributed by atoms with Crippen LogP contribution in [0.15, 0.2) is 12.7 Å². The van der Waals surface area contributed by atoms with Crippen LogP contribution in [0.4, 0.5) is 18.0 Å². The number of aliphatic carboxylic acids is 1. The van der Waals surface area contributed by atoms with E-state index < -0.39 is 42.5 Å². The van der Waals surface area contributed by atoms with E-state index in [2.05, 4.69) is 16.6 Å². The minimum atomic E-state index is -4.83. The van der Waals surface area contributed by atoms with Crippen LogP contribution < -0.4 is 5.32 Å². The summed E-state index contributed by atoms with van der Waals surface area (Å²) in [6.45, 7) is 3.23. The summed E-state index contributed by atoms with van der Waals surface area (Å²) in [5.74, 6) is -1.92. The van der Waals surface area contributed by atoms with E-state index in [1.807, 2.05) is 0 Å². The SMILES string of the molecule is C=CCOC(=O)NC1CC(C(=O)O)(C(F)(F)F)C1. The number of carbonyl (C=O) groups is 2. The van der Waals surface area contributed by atoms with Crippen molar-refractivity contribution in [1.29, 1.82) is 0 Å². The molecule has 0 bridgehead atoms. The molecule has 0 radical (unpaired) electrons. The van der Waals surface area contributed by atoms with Crippen LogP contribution in [-0.4, -0.2) is 36.0 Å². The molecule has 2 N–H and O–H groups in total. The molecular formula is C10H12F3NO4. The van der Waals surface area contributed by atoms with Crippen molar-refractivity contribution in [3.8, 4) is 0 Å². The summed E-state index contributed by atoms with van der Waals surface area (Å²) in [5, 5.41) is 10.8. The number of alkyl halides is 3. The lowest BCUT2D eigenvalue weighted by atomic mass is 9.65. The second kappa shape index (κ2) is 4.87. The zero-order valence-corrected chi connectivity index (χ0v) is 9.29. The van der Waals surface area contributed by atoms with E-state index in [1.54, 1.807) is 0 Å². The monoisotopic (exact) mass is 267 g/mol. The molecule has 0 saturated heterocycles. The highest BCUT2D eigenvalue weighted by molar-refractivity contribution is 5.78. The number of alkyl carbamates (subject to hydrolysis) is 1. The zero-order chi connectivity index (χ0) is 14.0. The maximum atomic E-state index is 12.6. The Balaban J connectivity index is 2.53. The molecular weight excluding hydrogens is 255 g/mol. The van der Waals surface area contributed by atoms with Gasteiger partial charge in [-0.25, -0.2) is 4.79 Å². The summed E-state index contributed by atoms with van der Waals surface area (Å²) >= 11 is 0. The maximum Gasteiger partial charge on any atom is 0.407 e. The fourth-order valence-corrected chi connectivity index (χ4v) is 1.75. The predicted octanol–water partition coefficient (Wildman–Crippen LogP) is 1.69. The topological polar surface area (TPSA) is 75.6 Å². The third-order valence-electron chi connectivity index (χ3n) is 2.80. The largest absolute Gasteiger partial charge is 0.481 e. The molecule has 0 spiro atoms. The van der Waals surface area contributed by atoms with Gasteiger partial charge in [-0.05, 0) is 12.8 Å². The third kappa shape index (κ3) is 2.57. The molecule has 8 heteroatoms. The second-order valence-electron chi connectivity index (χ2n) is 4.02. The summed E-state index contributed by atoms with van der Waals surface area (Å²) in [6.07, 6.45) is -5.79. The van der Waals surface area contributed by atoms with E-state index in [-0.39, 0.29) is 6.61 Å². The van der Waals surface area contributed by atoms with E-state index in [9.17, 15) is 22.8 Å². The van der Waals surface area contributed by atoms with Crippen molar-refractivity contribution in [3.05, 3.63) is 12.7 Å². The highest BCUT2D eigenvalue weighted by Gasteiger charge is 2.67. The molecule has 0 unspecified atom stereocenters. The molecule has 1 aliphatic rings. The van der Waals surface area contributed by atoms with Crippen molar-refractivity contribution in [1.82, 2.24) is 5.32 Å². The average Bonchev–Trinajstić information content (AvgIpc) is 2.16. The fourth-order valence-electron chi connectivity index (χ4n) is 1.75. The number of carboxylic acid groups (broad SMARTS) is 1. The Kier molecular flexibility index (Phi) is 3.88. The summed E-state index contributed by atoms with van der Waals surface area (Å²) in [7, 11) is 0. The van der Waals surface area contributed by atoms with Gasteiger partial charge < -0.3 is 15.2 Å². The van der Waals surface area contributed by atoms with Crippen molar-refractivity contribution in [3.63, 3.8) is 0 Å². The van der Waals surface area contributed by atoms with Crippen LogP contribution in [0.1, 0.15) is 12.8 Å². The number of halogens is 3. The molecule has 0 atom stereocenters. The number of rotatable bonds is 4. The average molecular weight is 267 g/mol. The molecule has 1 aliphatic carbocycles. The van der Waals surface area contributed by atoms with Crippen LogP contribution in [0.3, 0.4) is 0 Å². The highest BCUT2D eigenvalue weighted by Crippen LogP contribution is 2.53. The van der Waals surface area contributed by atoms with Gasteiger partial charge in [0.05, 0.1) is 0 Å². The van der Waals surface area contributed by atoms with E-state index in [4.69, 9.17) is 5.11 Å². The molecule has 1 amide bonds. The number of amides is 1. The Bertz CT molecular complexity index is 361. The van der Waals surface area contributed by atoms with Gasteiger partial charge in [-0.3, -0.25) is 4.79 Å². The molecule has 0 aromatic rings. The van der Waals surface area contributed by atoms with Gasteiger partial charge in [-0.15, -0.1) is 0 Å². The van der Waals surface area contributed by atoms with Crippen LogP contribution >= 0.6 is 0 Å². The Morgan fingerprint density at radius 2 is 2.06 bits per heavy atom. The lowest BCUT2D eigenvalue weighted by Gasteiger charge is -2.44. The molecule has 18 heavy (non-hydrogen) atoms. The number of hydrogen-bond donors (Lipinski definition) is 2. The van der Waals surface area contributed by atoms with Gasteiger partial charge in [0.1, 0.15) is 6.61 Å². The van der Waals surface area contributed by atoms with Gasteiger partial charge in [0.25, 0.3) is 0 Å². The lowest BCUT2D eigenvalue weighted by Crippen LogP contribution is -2.61. The lowest BCUT2D eigenvalue weighted by molar-refractivity contribution is -0.256. The van der Waals surface area contributed by atoms with E-state index in [0.29, 0.717) is 0 Å². The Morgan fingerprint density at radius 1 is 1.50 bits per heavy atom. The van der Waals surface area contributed by atoms with Crippen molar-refractivity contribution in [2.75, 3.05) is 6.61 Å². The van der Waals surface area contributed by atoms with Crippen molar-refractivity contribution in [2.45, 2.75) is 25.1 Å². The summed E-state index contributed by atoms with van der Waals surface area (Å²) in [6, 6.07) is -0.847. The normalized spacial score (nSPS) is 26.9. The van der Waals surface area contributed by atoms with Gasteiger partial charge in [-0.1, -0.05) is 12.7 Å². The van der Waals surface area contributed by atoms with Crippen LogP contribution in [-0.2, 0) is 9.53 Å². The first-order chi connectivity index (χ1) is 8.23. The number of nitrogens with one attached hydrogen (secondary N) is 1. The highest BCUT2D eigenvalue weighted by atomic mass is 19.4. The van der Waals surface area contributed by atoms with Gasteiger partial charge in [0.2, 0.25) is 0 Å². The second-order valence-corrected chi connectivity index (χ2v) is 4.02. The molecule has 1 fully saturated rings. The van der Waals surface area contributed by atoms with Gasteiger partial charge >= 0.3 is 18.2 Å². The van der Waals surface area contributed by atoms with Crippen LogP contribution in [0.5, 0.6) is 0 Å². The van der Waals surface area contributed by atoms with E-state index >= 15 is 0 Å². The molecule has 5 nitrogen and oxygen atoms in total. The van der Waals surface area contributed by atoms with Crippen molar-refractivity contribution in [2.24, 2.45) is 5.41 Å². The quantitative estimate of drug-likeness (QED) is 0.760. The molecule has 0 heterocycles. The Hall–Kier alpha value is -1.73. The van der Waals surface area contributed by atoms with E-state index in [0.717, 1.165) is 0 Å². The minimum absolute atomic E-state index is 0.0676. The number of carboxylic acids is 1. The Labute approximate surface area is 101 Å². The fraction of sp³-hybridized carbons (Fsp3) is 0.600. The first-order valence-corrected chi connectivity index (χ1v) is 5.07. The first-order valence-electron chi connectivity index (χ1n) is 5.07. The van der Waals surface area contributed by atoms with Crippen LogP contribution in [0, 0.1) is 5.41 Å². The van der Waals surface area contributed by atoms with Crippen LogP contribution in [0.25, 0.3) is 0 Å². The predicted molar refractivity (Wildman–Crippen MR) is 53.8 cm³/mol. The number of ether oxygens (including phenoxy) is 1. The molecule has 1 rings (SSSR count). The van der Waals surface area contributed by atoms with Crippen LogP contribution in [0.2, 0.25) is 0 Å². The summed E-state index contributed by atoms with van der Waals surface area (Å²) < 4.78 is 42.3. The van der Waals surface area contributed by atoms with Crippen molar-refractivity contribution >= 4 is 12.1 Å². The summed E-state index contributed by atoms with van der Waals surface area (Å²) in [5.41, 5.74) is -2.76. The zero-order valence-electron chi connectivity index (χ0n) is 9.29. The smallest absolute Gasteiger partial charge is 0.407 e. The molecule has 1 saturated carbocycles. The first kappa shape index (κ1) is 14.3. The van der Waals surface area contributed by atoms with E-state index in [1.165, 1.54) is 6.08 Å². The standard InChI is InChI=1S/C10H12F3NO4/c1-2-3-18-8(17)14-6-4-9(5-6,7(15)16)10(11,12)13/h2,6H,1,3-5H2,(H,14,17)(H,15,16). The third-order valence-corrected chi connectivity index (χ3v) is 2.80. The molecule has 0 aliphatic heterocycles. The maximum absolute atomic E-state index is 12.6. The molecule has 0 aromatic carbocycles. The van der Waals surface area contributed by atoms with Crippen molar-refractivity contribution < 1.29 is 32.6 Å². The van der Waals surface area contributed by atoms with Gasteiger partial charge in [0.15, 0.2) is 5.41 Å². The van der Waals surface area contributed by atoms with Gasteiger partial charge in [-0.2, -0.15) is 13.2 Å². The number of carbonyl (C=O) groups excluding carboxylic acids is 1. The van der Waals surface area contributed by atoms with Gasteiger partial charge in [0, 0.05) is 6.04 Å². The number of hydrogen-bond acceptors (Lipinski definition) is 3.